The number of aromatic nitrogens is 1. The summed E-state index contributed by atoms with van der Waals surface area (Å²) >= 11 is 0. The second-order valence-corrected chi connectivity index (χ2v) is 5.28. The highest BCUT2D eigenvalue weighted by Crippen LogP contribution is 2.12. The van der Waals surface area contributed by atoms with Crippen LogP contribution in [0.4, 0.5) is 5.82 Å². The highest BCUT2D eigenvalue weighted by Gasteiger charge is 2.22. The van der Waals surface area contributed by atoms with E-state index in [4.69, 9.17) is 9.84 Å². The number of aliphatic hydroxyl groups is 1. The summed E-state index contributed by atoms with van der Waals surface area (Å²) in [4.78, 5) is 12.9. The van der Waals surface area contributed by atoms with Gasteiger partial charge in [0.25, 0.3) is 0 Å². The van der Waals surface area contributed by atoms with Crippen LogP contribution in [0.2, 0.25) is 0 Å². The predicted molar refractivity (Wildman–Crippen MR) is 64.0 cm³/mol. The van der Waals surface area contributed by atoms with Gasteiger partial charge in [-0.15, -0.1) is 0 Å². The predicted octanol–water partition coefficient (Wildman–Crippen LogP) is -0.725. The standard InChI is InChI=1S/C9H13N3O6S/c1-18-6-7(5-13)11-19(16,17)8-2-3-9(10-4-8)12(14)15/h2-4,7,11,13H,5-6H2,1H3. The lowest BCUT2D eigenvalue weighted by atomic mass is 10.4. The normalized spacial score (nSPS) is 13.2. The molecule has 0 radical (unpaired) electrons. The van der Waals surface area contributed by atoms with Crippen LogP contribution in [0, 0.1) is 10.1 Å². The van der Waals surface area contributed by atoms with Crippen LogP contribution in [0.15, 0.2) is 23.2 Å². The molecule has 0 aliphatic rings. The molecule has 0 aliphatic carbocycles. The Hall–Kier alpha value is -1.62. The summed E-state index contributed by atoms with van der Waals surface area (Å²) in [6, 6.07) is 1.25. The first kappa shape index (κ1) is 15.4. The molecule has 1 rings (SSSR count). The van der Waals surface area contributed by atoms with Gasteiger partial charge in [0, 0.05) is 13.2 Å². The fraction of sp³-hybridized carbons (Fsp3) is 0.444. The van der Waals surface area contributed by atoms with Crippen LogP contribution in [0.5, 0.6) is 0 Å². The Morgan fingerprint density at radius 1 is 1.58 bits per heavy atom. The highest BCUT2D eigenvalue weighted by atomic mass is 32.2. The molecule has 0 spiro atoms. The van der Waals surface area contributed by atoms with Gasteiger partial charge in [0.2, 0.25) is 10.0 Å². The molecular formula is C9H13N3O6S. The van der Waals surface area contributed by atoms with E-state index in [0.29, 0.717) is 0 Å². The largest absolute Gasteiger partial charge is 0.395 e. The zero-order chi connectivity index (χ0) is 14.5. The Balaban J connectivity index is 2.90. The first-order chi connectivity index (χ1) is 8.90. The SMILES string of the molecule is COCC(CO)NS(=O)(=O)c1ccc([N+](=O)[O-])nc1. The van der Waals surface area contributed by atoms with E-state index in [0.717, 1.165) is 18.3 Å². The van der Waals surface area contributed by atoms with Crippen LogP contribution in [-0.2, 0) is 14.8 Å². The molecule has 19 heavy (non-hydrogen) atoms. The maximum atomic E-state index is 11.9. The van der Waals surface area contributed by atoms with Crippen molar-refractivity contribution in [1.82, 2.24) is 9.71 Å². The summed E-state index contributed by atoms with van der Waals surface area (Å²) in [6.07, 6.45) is 0.877. The van der Waals surface area contributed by atoms with E-state index in [2.05, 4.69) is 9.71 Å². The van der Waals surface area contributed by atoms with Crippen molar-refractivity contribution in [2.75, 3.05) is 20.3 Å². The first-order valence-electron chi connectivity index (χ1n) is 5.13. The smallest absolute Gasteiger partial charge is 0.363 e. The highest BCUT2D eigenvalue weighted by molar-refractivity contribution is 7.89. The van der Waals surface area contributed by atoms with Gasteiger partial charge in [-0.2, -0.15) is 0 Å². The topological polar surface area (TPSA) is 132 Å². The molecule has 1 heterocycles. The third kappa shape index (κ3) is 4.21. The molecule has 106 valence electrons. The van der Waals surface area contributed by atoms with Gasteiger partial charge in [0.15, 0.2) is 6.20 Å². The van der Waals surface area contributed by atoms with Gasteiger partial charge in [-0.3, -0.25) is 0 Å². The number of nitrogens with one attached hydrogen (secondary N) is 1. The number of sulfonamides is 1. The van der Waals surface area contributed by atoms with Crippen molar-refractivity contribution < 1.29 is 23.2 Å². The Kier molecular flexibility index (Phi) is 5.30. The average molecular weight is 291 g/mol. The lowest BCUT2D eigenvalue weighted by Crippen LogP contribution is -2.40. The number of ether oxygens (including phenoxy) is 1. The number of aliphatic hydroxyl groups excluding tert-OH is 1. The van der Waals surface area contributed by atoms with Crippen molar-refractivity contribution in [2.24, 2.45) is 0 Å². The summed E-state index contributed by atoms with van der Waals surface area (Å²) in [5.41, 5.74) is 0. The van der Waals surface area contributed by atoms with Crippen molar-refractivity contribution in [3.05, 3.63) is 28.4 Å². The van der Waals surface area contributed by atoms with E-state index < -0.39 is 33.4 Å². The van der Waals surface area contributed by atoms with Gasteiger partial charge in [0.1, 0.15) is 4.90 Å². The van der Waals surface area contributed by atoms with Gasteiger partial charge in [0.05, 0.1) is 19.3 Å². The minimum atomic E-state index is -3.91. The van der Waals surface area contributed by atoms with Crippen LogP contribution in [0.3, 0.4) is 0 Å². The molecule has 2 N–H and O–H groups in total. The molecule has 0 aromatic carbocycles. The second-order valence-electron chi connectivity index (χ2n) is 3.57. The quantitative estimate of drug-likeness (QED) is 0.500. The molecule has 0 fully saturated rings. The molecule has 1 atom stereocenters. The Bertz CT molecular complexity index is 529. The number of methoxy groups -OCH3 is 1. The minimum absolute atomic E-state index is 0.00383. The Morgan fingerprint density at radius 3 is 2.68 bits per heavy atom. The van der Waals surface area contributed by atoms with Crippen molar-refractivity contribution in [1.29, 1.82) is 0 Å². The third-order valence-corrected chi connectivity index (χ3v) is 3.63. The number of pyridine rings is 1. The van der Waals surface area contributed by atoms with E-state index in [9.17, 15) is 18.5 Å². The van der Waals surface area contributed by atoms with Gasteiger partial charge in [-0.1, -0.05) is 0 Å². The Labute approximate surface area is 109 Å². The molecule has 0 bridgehead atoms. The summed E-state index contributed by atoms with van der Waals surface area (Å²) in [6.45, 7) is -0.441. The van der Waals surface area contributed by atoms with Crippen molar-refractivity contribution in [2.45, 2.75) is 10.9 Å². The molecular weight excluding hydrogens is 278 g/mol. The lowest BCUT2D eigenvalue weighted by molar-refractivity contribution is -0.389. The number of nitrogens with zero attached hydrogens (tertiary/aromatic N) is 2. The molecule has 1 aromatic rings. The van der Waals surface area contributed by atoms with Gasteiger partial charge in [-0.25, -0.2) is 13.1 Å². The van der Waals surface area contributed by atoms with Crippen LogP contribution < -0.4 is 4.72 Å². The molecule has 0 aliphatic heterocycles. The number of nitro groups is 1. The van der Waals surface area contributed by atoms with E-state index in [1.165, 1.54) is 7.11 Å². The molecule has 9 nitrogen and oxygen atoms in total. The van der Waals surface area contributed by atoms with E-state index in [-0.39, 0.29) is 11.5 Å². The maximum Gasteiger partial charge on any atom is 0.363 e. The monoisotopic (exact) mass is 291 g/mol. The van der Waals surface area contributed by atoms with Crippen molar-refractivity contribution >= 4 is 15.8 Å². The van der Waals surface area contributed by atoms with E-state index >= 15 is 0 Å². The van der Waals surface area contributed by atoms with Crippen molar-refractivity contribution in [3.63, 3.8) is 0 Å². The van der Waals surface area contributed by atoms with Crippen LogP contribution in [-0.4, -0.2) is 49.8 Å². The number of hydrogen-bond donors (Lipinski definition) is 2. The second kappa shape index (κ2) is 6.52. The third-order valence-electron chi connectivity index (χ3n) is 2.13. The van der Waals surface area contributed by atoms with Gasteiger partial charge < -0.3 is 20.0 Å². The van der Waals surface area contributed by atoms with Crippen LogP contribution in [0.25, 0.3) is 0 Å². The molecule has 0 saturated carbocycles. The molecule has 0 amide bonds. The van der Waals surface area contributed by atoms with Gasteiger partial charge >= 0.3 is 5.82 Å². The maximum absolute atomic E-state index is 11.9. The zero-order valence-electron chi connectivity index (χ0n) is 10.0. The van der Waals surface area contributed by atoms with Crippen molar-refractivity contribution in [3.8, 4) is 0 Å². The van der Waals surface area contributed by atoms with Crippen LogP contribution >= 0.6 is 0 Å². The van der Waals surface area contributed by atoms with E-state index in [1.807, 2.05) is 0 Å². The number of hydrogen-bond acceptors (Lipinski definition) is 7. The summed E-state index contributed by atoms with van der Waals surface area (Å²) in [5, 5.41) is 19.4. The molecule has 10 heteroatoms. The summed E-state index contributed by atoms with van der Waals surface area (Å²) in [5.74, 6) is -0.449. The van der Waals surface area contributed by atoms with Gasteiger partial charge in [-0.05, 0) is 16.0 Å². The first-order valence-corrected chi connectivity index (χ1v) is 6.61. The lowest BCUT2D eigenvalue weighted by Gasteiger charge is -2.14. The minimum Gasteiger partial charge on any atom is -0.395 e. The van der Waals surface area contributed by atoms with Crippen LogP contribution in [0.1, 0.15) is 0 Å². The molecule has 0 saturated heterocycles. The van der Waals surface area contributed by atoms with E-state index in [1.54, 1.807) is 0 Å². The average Bonchev–Trinajstić information content (AvgIpc) is 2.38. The summed E-state index contributed by atoms with van der Waals surface area (Å²) < 4.78 is 30.7. The zero-order valence-corrected chi connectivity index (χ0v) is 10.8. The number of rotatable bonds is 7. The summed E-state index contributed by atoms with van der Waals surface area (Å²) in [7, 11) is -2.55. The molecule has 1 unspecified atom stereocenters. The fourth-order valence-electron chi connectivity index (χ4n) is 1.25. The Morgan fingerprint density at radius 2 is 2.26 bits per heavy atom. The molecule has 1 aromatic heterocycles. The fourth-order valence-corrected chi connectivity index (χ4v) is 2.41.